The molecular weight excluding hydrogens is 284 g/mol. The maximum Gasteiger partial charge on any atom is 0.168 e. The van der Waals surface area contributed by atoms with E-state index in [0.29, 0.717) is 5.78 Å². The van der Waals surface area contributed by atoms with E-state index in [9.17, 15) is 4.79 Å². The van der Waals surface area contributed by atoms with Crippen molar-refractivity contribution < 1.29 is 4.79 Å². The van der Waals surface area contributed by atoms with Crippen LogP contribution in [0.2, 0.25) is 0 Å². The Morgan fingerprint density at radius 2 is 1.26 bits per heavy atom. The van der Waals surface area contributed by atoms with Crippen LogP contribution in [0.25, 0.3) is 0 Å². The largest absolute Gasteiger partial charge is 0.303 e. The number of likely N-dealkylation sites (tertiary alicyclic amines) is 2. The molecule has 0 spiro atoms. The average molecular weight is 314 g/mol. The molecule has 3 rings (SSSR count). The third-order valence-electron chi connectivity index (χ3n) is 5.28. The van der Waals surface area contributed by atoms with Gasteiger partial charge in [0.25, 0.3) is 0 Å². The Morgan fingerprint density at radius 1 is 0.783 bits per heavy atom. The summed E-state index contributed by atoms with van der Waals surface area (Å²) in [5.41, 5.74) is 0.881. The van der Waals surface area contributed by atoms with Gasteiger partial charge in [0.15, 0.2) is 5.78 Å². The SMILES string of the molecule is O=C(c1ccccc1)C(CN1CCCCC1)CN1CCCCC1. The molecule has 1 aromatic rings. The Balaban J connectivity index is 1.67. The molecule has 0 aliphatic carbocycles. The first-order chi connectivity index (χ1) is 11.3. The first-order valence-electron chi connectivity index (χ1n) is 9.37. The van der Waals surface area contributed by atoms with Crippen molar-refractivity contribution in [3.63, 3.8) is 0 Å². The van der Waals surface area contributed by atoms with Crippen molar-refractivity contribution >= 4 is 5.78 Å². The van der Waals surface area contributed by atoms with Crippen LogP contribution in [0.5, 0.6) is 0 Å². The van der Waals surface area contributed by atoms with Crippen molar-refractivity contribution in [2.24, 2.45) is 5.92 Å². The van der Waals surface area contributed by atoms with Gasteiger partial charge in [0.05, 0.1) is 0 Å². The highest BCUT2D eigenvalue weighted by molar-refractivity contribution is 5.98. The fourth-order valence-electron chi connectivity index (χ4n) is 3.97. The highest BCUT2D eigenvalue weighted by atomic mass is 16.1. The Labute approximate surface area is 140 Å². The van der Waals surface area contributed by atoms with E-state index < -0.39 is 0 Å². The number of hydrogen-bond donors (Lipinski definition) is 0. The quantitative estimate of drug-likeness (QED) is 0.751. The van der Waals surface area contributed by atoms with Crippen molar-refractivity contribution in [2.75, 3.05) is 39.3 Å². The molecule has 0 N–H and O–H groups in total. The predicted molar refractivity (Wildman–Crippen MR) is 94.8 cm³/mol. The van der Waals surface area contributed by atoms with E-state index in [1.807, 2.05) is 30.3 Å². The van der Waals surface area contributed by atoms with Gasteiger partial charge < -0.3 is 9.80 Å². The van der Waals surface area contributed by atoms with Crippen LogP contribution < -0.4 is 0 Å². The molecule has 2 aliphatic heterocycles. The molecule has 0 radical (unpaired) electrons. The summed E-state index contributed by atoms with van der Waals surface area (Å²) in [5, 5.41) is 0. The monoisotopic (exact) mass is 314 g/mol. The molecule has 2 fully saturated rings. The summed E-state index contributed by atoms with van der Waals surface area (Å²) in [6.45, 7) is 6.53. The molecule has 3 heteroatoms. The lowest BCUT2D eigenvalue weighted by Crippen LogP contribution is -2.43. The second-order valence-electron chi connectivity index (χ2n) is 7.15. The molecule has 1 aromatic carbocycles. The number of nitrogens with zero attached hydrogens (tertiary/aromatic N) is 2. The Hall–Kier alpha value is -1.19. The minimum Gasteiger partial charge on any atom is -0.303 e. The first kappa shape index (κ1) is 16.7. The van der Waals surface area contributed by atoms with E-state index >= 15 is 0 Å². The van der Waals surface area contributed by atoms with Gasteiger partial charge in [-0.05, 0) is 51.9 Å². The van der Waals surface area contributed by atoms with Gasteiger partial charge in [-0.2, -0.15) is 0 Å². The number of carbonyl (C=O) groups excluding carboxylic acids is 1. The van der Waals surface area contributed by atoms with Crippen molar-refractivity contribution in [1.82, 2.24) is 9.80 Å². The van der Waals surface area contributed by atoms with Gasteiger partial charge in [0.2, 0.25) is 0 Å². The van der Waals surface area contributed by atoms with Gasteiger partial charge in [-0.1, -0.05) is 43.2 Å². The maximum atomic E-state index is 13.0. The molecule has 0 aromatic heterocycles. The number of benzene rings is 1. The van der Waals surface area contributed by atoms with Crippen molar-refractivity contribution in [3.8, 4) is 0 Å². The molecule has 0 atom stereocenters. The second-order valence-corrected chi connectivity index (χ2v) is 7.15. The van der Waals surface area contributed by atoms with Crippen LogP contribution >= 0.6 is 0 Å². The third kappa shape index (κ3) is 4.89. The van der Waals surface area contributed by atoms with Crippen LogP contribution in [0.1, 0.15) is 48.9 Å². The van der Waals surface area contributed by atoms with Crippen LogP contribution in [-0.4, -0.2) is 54.9 Å². The van der Waals surface area contributed by atoms with E-state index in [-0.39, 0.29) is 5.92 Å². The van der Waals surface area contributed by atoms with Crippen LogP contribution in [0.4, 0.5) is 0 Å². The Bertz CT molecular complexity index is 456. The maximum absolute atomic E-state index is 13.0. The minimum absolute atomic E-state index is 0.119. The minimum atomic E-state index is 0.119. The number of Topliss-reactive ketones (excluding diaryl/α,β-unsaturated/α-hetero) is 1. The molecule has 0 saturated carbocycles. The zero-order chi connectivity index (χ0) is 15.9. The van der Waals surface area contributed by atoms with Gasteiger partial charge >= 0.3 is 0 Å². The Kier molecular flexibility index (Phi) is 6.23. The summed E-state index contributed by atoms with van der Waals surface area (Å²) in [6, 6.07) is 9.89. The van der Waals surface area contributed by atoms with Crippen molar-refractivity contribution in [1.29, 1.82) is 0 Å². The fourth-order valence-corrected chi connectivity index (χ4v) is 3.97. The average Bonchev–Trinajstić information content (AvgIpc) is 2.63. The van der Waals surface area contributed by atoms with Gasteiger partial charge in [0.1, 0.15) is 0 Å². The first-order valence-corrected chi connectivity index (χ1v) is 9.37. The zero-order valence-electron chi connectivity index (χ0n) is 14.3. The molecular formula is C20H30N2O. The van der Waals surface area contributed by atoms with Crippen LogP contribution in [0.15, 0.2) is 30.3 Å². The van der Waals surface area contributed by atoms with E-state index in [2.05, 4.69) is 9.80 Å². The fraction of sp³-hybridized carbons (Fsp3) is 0.650. The van der Waals surface area contributed by atoms with Crippen LogP contribution in [-0.2, 0) is 0 Å². The van der Waals surface area contributed by atoms with Gasteiger partial charge in [0, 0.05) is 24.6 Å². The number of carbonyl (C=O) groups is 1. The summed E-state index contributed by atoms with van der Waals surface area (Å²) < 4.78 is 0. The number of piperidine rings is 2. The van der Waals surface area contributed by atoms with Crippen LogP contribution in [0, 0.1) is 5.92 Å². The summed E-state index contributed by atoms with van der Waals surface area (Å²) in [7, 11) is 0. The number of hydrogen-bond acceptors (Lipinski definition) is 3. The second kappa shape index (κ2) is 8.60. The standard InChI is InChI=1S/C20H30N2O/c23-20(18-10-4-1-5-11-18)19(16-21-12-6-2-7-13-21)17-22-14-8-3-9-15-22/h1,4-5,10-11,19H,2-3,6-9,12-17H2. The topological polar surface area (TPSA) is 23.6 Å². The molecule has 3 nitrogen and oxygen atoms in total. The van der Waals surface area contributed by atoms with Crippen molar-refractivity contribution in [3.05, 3.63) is 35.9 Å². The predicted octanol–water partition coefficient (Wildman–Crippen LogP) is 3.46. The zero-order valence-corrected chi connectivity index (χ0v) is 14.3. The van der Waals surface area contributed by atoms with Crippen LogP contribution in [0.3, 0.4) is 0 Å². The molecule has 2 saturated heterocycles. The highest BCUT2D eigenvalue weighted by Crippen LogP contribution is 2.18. The van der Waals surface area contributed by atoms with Crippen molar-refractivity contribution in [2.45, 2.75) is 38.5 Å². The van der Waals surface area contributed by atoms with Gasteiger partial charge in [-0.25, -0.2) is 0 Å². The summed E-state index contributed by atoms with van der Waals surface area (Å²) in [5.74, 6) is 0.454. The lowest BCUT2D eigenvalue weighted by Gasteiger charge is -2.34. The molecule has 2 aliphatic rings. The molecule has 126 valence electrons. The van der Waals surface area contributed by atoms with Gasteiger partial charge in [-0.3, -0.25) is 4.79 Å². The van der Waals surface area contributed by atoms with E-state index in [1.54, 1.807) is 0 Å². The summed E-state index contributed by atoms with van der Waals surface area (Å²) in [4.78, 5) is 18.1. The van der Waals surface area contributed by atoms with E-state index in [4.69, 9.17) is 0 Å². The Morgan fingerprint density at radius 3 is 1.74 bits per heavy atom. The van der Waals surface area contributed by atoms with E-state index in [0.717, 1.165) is 18.7 Å². The molecule has 0 bridgehead atoms. The third-order valence-corrected chi connectivity index (χ3v) is 5.28. The number of ketones is 1. The lowest BCUT2D eigenvalue weighted by molar-refractivity contribution is 0.0795. The van der Waals surface area contributed by atoms with Gasteiger partial charge in [-0.15, -0.1) is 0 Å². The highest BCUT2D eigenvalue weighted by Gasteiger charge is 2.26. The normalized spacial score (nSPS) is 20.7. The lowest BCUT2D eigenvalue weighted by atomic mass is 9.94. The van der Waals surface area contributed by atoms with E-state index in [1.165, 1.54) is 64.7 Å². The smallest absolute Gasteiger partial charge is 0.168 e. The molecule has 0 amide bonds. The molecule has 2 heterocycles. The molecule has 0 unspecified atom stereocenters. The molecule has 23 heavy (non-hydrogen) atoms. The summed E-state index contributed by atoms with van der Waals surface area (Å²) >= 11 is 0. The number of rotatable bonds is 6. The summed E-state index contributed by atoms with van der Waals surface area (Å²) in [6.07, 6.45) is 7.84.